The van der Waals surface area contributed by atoms with Gasteiger partial charge < -0.3 is 10.6 Å². The van der Waals surface area contributed by atoms with E-state index in [0.29, 0.717) is 17.7 Å². The van der Waals surface area contributed by atoms with E-state index in [-0.39, 0.29) is 23.8 Å². The molecule has 3 rings (SSSR count). The monoisotopic (exact) mass is 393 g/mol. The summed E-state index contributed by atoms with van der Waals surface area (Å²) in [4.78, 5) is 29.3. The van der Waals surface area contributed by atoms with Crippen molar-refractivity contribution < 1.29 is 9.59 Å². The quantitative estimate of drug-likeness (QED) is 0.669. The number of anilines is 1. The molecule has 2 N–H and O–H groups in total. The van der Waals surface area contributed by atoms with Crippen molar-refractivity contribution in [2.75, 3.05) is 12.4 Å². The molecule has 2 aromatic heterocycles. The summed E-state index contributed by atoms with van der Waals surface area (Å²) in [5.74, 6) is -0.0727. The summed E-state index contributed by atoms with van der Waals surface area (Å²) < 4.78 is 1.84. The molecule has 7 nitrogen and oxygen atoms in total. The number of rotatable bonds is 6. The van der Waals surface area contributed by atoms with Crippen LogP contribution < -0.4 is 10.6 Å². The number of benzene rings is 1. The number of amides is 2. The maximum absolute atomic E-state index is 13.1. The van der Waals surface area contributed by atoms with E-state index in [1.165, 1.54) is 0 Å². The molecule has 2 amide bonds. The van der Waals surface area contributed by atoms with Gasteiger partial charge >= 0.3 is 0 Å². The zero-order valence-electron chi connectivity index (χ0n) is 17.5. The smallest absolute Gasteiger partial charge is 0.256 e. The first-order valence-electron chi connectivity index (χ1n) is 9.79. The van der Waals surface area contributed by atoms with Crippen molar-refractivity contribution in [1.29, 1.82) is 0 Å². The first kappa shape index (κ1) is 20.5. The lowest BCUT2D eigenvalue weighted by Crippen LogP contribution is -2.19. The molecule has 29 heavy (non-hydrogen) atoms. The standard InChI is InChI=1S/C22H27N5O2/c1-13(2)19-11-17(18-12-24-27(14(3)4)21(18)26-19)22(29)25-16-8-6-15(7-9-16)10-20(28)23-5/h6-9,11-14H,10H2,1-5H3,(H,23,28)(H,25,29). The van der Waals surface area contributed by atoms with Gasteiger partial charge in [0, 0.05) is 24.5 Å². The Balaban J connectivity index is 1.91. The van der Waals surface area contributed by atoms with Crippen molar-refractivity contribution in [3.05, 3.63) is 53.3 Å². The molecule has 1 aromatic carbocycles. The number of nitrogens with zero attached hydrogens (tertiary/aromatic N) is 3. The highest BCUT2D eigenvalue weighted by molar-refractivity contribution is 6.12. The molecular weight excluding hydrogens is 366 g/mol. The third-order valence-electron chi connectivity index (χ3n) is 4.77. The number of likely N-dealkylation sites (N-methyl/N-ethyl adjacent to an activating group) is 1. The predicted octanol–water partition coefficient (Wildman–Crippen LogP) is 3.68. The number of nitrogens with one attached hydrogen (secondary N) is 2. The minimum Gasteiger partial charge on any atom is -0.359 e. The Morgan fingerprint density at radius 3 is 2.38 bits per heavy atom. The molecule has 0 bridgehead atoms. The fourth-order valence-corrected chi connectivity index (χ4v) is 3.08. The maximum atomic E-state index is 13.1. The first-order valence-corrected chi connectivity index (χ1v) is 9.79. The fraction of sp³-hybridized carbons (Fsp3) is 0.364. The molecule has 0 atom stereocenters. The van der Waals surface area contributed by atoms with E-state index in [4.69, 9.17) is 4.98 Å². The molecule has 0 aliphatic rings. The molecule has 2 heterocycles. The van der Waals surface area contributed by atoms with Crippen LogP contribution in [0.5, 0.6) is 0 Å². The zero-order chi connectivity index (χ0) is 21.1. The average molecular weight is 393 g/mol. The van der Waals surface area contributed by atoms with Gasteiger partial charge in [-0.2, -0.15) is 5.10 Å². The Bertz CT molecular complexity index is 1040. The molecule has 3 aromatic rings. The Kier molecular flexibility index (Phi) is 5.96. The highest BCUT2D eigenvalue weighted by Gasteiger charge is 2.19. The molecular formula is C22H27N5O2. The molecule has 0 aliphatic carbocycles. The van der Waals surface area contributed by atoms with Crippen molar-refractivity contribution in [3.8, 4) is 0 Å². The van der Waals surface area contributed by atoms with E-state index in [2.05, 4.69) is 29.6 Å². The average Bonchev–Trinajstić information content (AvgIpc) is 3.12. The number of fused-ring (bicyclic) bond motifs is 1. The molecule has 0 unspecified atom stereocenters. The van der Waals surface area contributed by atoms with Crippen LogP contribution >= 0.6 is 0 Å². The van der Waals surface area contributed by atoms with Gasteiger partial charge in [0.25, 0.3) is 5.91 Å². The molecule has 0 fully saturated rings. The van der Waals surface area contributed by atoms with E-state index in [1.54, 1.807) is 25.4 Å². The van der Waals surface area contributed by atoms with Crippen LogP contribution in [-0.4, -0.2) is 33.6 Å². The Hall–Kier alpha value is -3.22. The molecule has 152 valence electrons. The first-order chi connectivity index (χ1) is 13.8. The van der Waals surface area contributed by atoms with Crippen LogP contribution in [0.4, 0.5) is 5.69 Å². The van der Waals surface area contributed by atoms with Crippen LogP contribution in [-0.2, 0) is 11.2 Å². The van der Waals surface area contributed by atoms with Crippen molar-refractivity contribution in [2.24, 2.45) is 0 Å². The second-order valence-corrected chi connectivity index (χ2v) is 7.67. The Morgan fingerprint density at radius 1 is 1.10 bits per heavy atom. The lowest BCUT2D eigenvalue weighted by molar-refractivity contribution is -0.119. The van der Waals surface area contributed by atoms with Gasteiger partial charge in [0.05, 0.1) is 23.6 Å². The van der Waals surface area contributed by atoms with Crippen LogP contribution in [0.1, 0.15) is 61.3 Å². The van der Waals surface area contributed by atoms with Crippen molar-refractivity contribution >= 4 is 28.5 Å². The van der Waals surface area contributed by atoms with E-state index in [1.807, 2.05) is 36.7 Å². The third kappa shape index (κ3) is 4.45. The fourth-order valence-electron chi connectivity index (χ4n) is 3.08. The summed E-state index contributed by atoms with van der Waals surface area (Å²) in [6.07, 6.45) is 2.01. The summed E-state index contributed by atoms with van der Waals surface area (Å²) in [5, 5.41) is 10.7. The molecule has 0 radical (unpaired) electrons. The maximum Gasteiger partial charge on any atom is 0.256 e. The number of carbonyl (C=O) groups is 2. The van der Waals surface area contributed by atoms with Crippen LogP contribution in [0.2, 0.25) is 0 Å². The van der Waals surface area contributed by atoms with Crippen LogP contribution in [0.3, 0.4) is 0 Å². The van der Waals surface area contributed by atoms with Gasteiger partial charge in [0.1, 0.15) is 0 Å². The number of aromatic nitrogens is 3. The van der Waals surface area contributed by atoms with E-state index in [9.17, 15) is 9.59 Å². The normalized spacial score (nSPS) is 11.3. The Labute approximate surface area is 170 Å². The highest BCUT2D eigenvalue weighted by Crippen LogP contribution is 2.25. The summed E-state index contributed by atoms with van der Waals surface area (Å²) in [6.45, 7) is 8.18. The second-order valence-electron chi connectivity index (χ2n) is 7.67. The summed E-state index contributed by atoms with van der Waals surface area (Å²) in [6, 6.07) is 9.26. The van der Waals surface area contributed by atoms with Gasteiger partial charge in [-0.25, -0.2) is 9.67 Å². The van der Waals surface area contributed by atoms with Gasteiger partial charge in [0.15, 0.2) is 5.65 Å². The lowest BCUT2D eigenvalue weighted by atomic mass is 10.0. The molecule has 0 spiro atoms. The molecule has 0 aliphatic heterocycles. The van der Waals surface area contributed by atoms with Crippen LogP contribution in [0.15, 0.2) is 36.5 Å². The topological polar surface area (TPSA) is 88.9 Å². The summed E-state index contributed by atoms with van der Waals surface area (Å²) >= 11 is 0. The predicted molar refractivity (Wildman–Crippen MR) is 114 cm³/mol. The van der Waals surface area contributed by atoms with Crippen molar-refractivity contribution in [3.63, 3.8) is 0 Å². The highest BCUT2D eigenvalue weighted by atomic mass is 16.2. The van der Waals surface area contributed by atoms with Gasteiger partial charge in [0.2, 0.25) is 5.91 Å². The minimum absolute atomic E-state index is 0.0515. The second kappa shape index (κ2) is 8.43. The molecule has 7 heteroatoms. The lowest BCUT2D eigenvalue weighted by Gasteiger charge is -2.12. The van der Waals surface area contributed by atoms with Gasteiger partial charge in [-0.15, -0.1) is 0 Å². The van der Waals surface area contributed by atoms with Gasteiger partial charge in [-0.05, 0) is 43.5 Å². The van der Waals surface area contributed by atoms with E-state index in [0.717, 1.165) is 22.3 Å². The summed E-state index contributed by atoms with van der Waals surface area (Å²) in [5.41, 5.74) is 3.68. The molecule has 0 saturated heterocycles. The van der Waals surface area contributed by atoms with Crippen LogP contribution in [0.25, 0.3) is 11.0 Å². The van der Waals surface area contributed by atoms with E-state index < -0.39 is 0 Å². The van der Waals surface area contributed by atoms with Gasteiger partial charge in [-0.3, -0.25) is 9.59 Å². The zero-order valence-corrected chi connectivity index (χ0v) is 17.5. The SMILES string of the molecule is CNC(=O)Cc1ccc(NC(=O)c2cc(C(C)C)nc3c2cnn3C(C)C)cc1. The number of hydrogen-bond donors (Lipinski definition) is 2. The van der Waals surface area contributed by atoms with Crippen LogP contribution in [0, 0.1) is 0 Å². The van der Waals surface area contributed by atoms with Gasteiger partial charge in [-0.1, -0.05) is 26.0 Å². The largest absolute Gasteiger partial charge is 0.359 e. The molecule has 0 saturated carbocycles. The third-order valence-corrected chi connectivity index (χ3v) is 4.77. The Morgan fingerprint density at radius 2 is 1.79 bits per heavy atom. The minimum atomic E-state index is -0.207. The number of carbonyl (C=O) groups excluding carboxylic acids is 2. The van der Waals surface area contributed by atoms with Crippen molar-refractivity contribution in [1.82, 2.24) is 20.1 Å². The number of pyridine rings is 1. The van der Waals surface area contributed by atoms with E-state index >= 15 is 0 Å². The van der Waals surface area contributed by atoms with Crippen molar-refractivity contribution in [2.45, 2.75) is 46.1 Å². The number of hydrogen-bond acceptors (Lipinski definition) is 4. The summed E-state index contributed by atoms with van der Waals surface area (Å²) in [7, 11) is 1.61.